The number of hydrogen-bond acceptors (Lipinski definition) is 3. The molecule has 0 aliphatic carbocycles. The highest BCUT2D eigenvalue weighted by Crippen LogP contribution is 2.19. The van der Waals surface area contributed by atoms with Gasteiger partial charge in [0, 0.05) is 6.20 Å². The number of aromatic amines is 1. The van der Waals surface area contributed by atoms with Gasteiger partial charge in [0.1, 0.15) is 0 Å². The van der Waals surface area contributed by atoms with E-state index in [4.69, 9.17) is 0 Å². The fraction of sp³-hybridized carbons (Fsp3) is 0.250. The van der Waals surface area contributed by atoms with Crippen LogP contribution in [0, 0.1) is 0 Å². The Labute approximate surface area is 106 Å². The van der Waals surface area contributed by atoms with Crippen LogP contribution in [0.3, 0.4) is 0 Å². The van der Waals surface area contributed by atoms with E-state index in [1.807, 2.05) is 12.1 Å². The molecule has 0 aliphatic rings. The molecule has 1 aromatic heterocycles. The number of nitrogens with one attached hydrogen (secondary N) is 2. The van der Waals surface area contributed by atoms with Crippen molar-refractivity contribution in [2.24, 2.45) is 0 Å². The first-order valence-corrected chi connectivity index (χ1v) is 7.09. The molecule has 0 amide bonds. The molecule has 0 atom stereocenters. The summed E-state index contributed by atoms with van der Waals surface area (Å²) >= 11 is 0. The van der Waals surface area contributed by atoms with Crippen LogP contribution in [0.15, 0.2) is 41.6 Å². The van der Waals surface area contributed by atoms with Crippen LogP contribution in [0.25, 0.3) is 0 Å². The van der Waals surface area contributed by atoms with Crippen LogP contribution in [0.5, 0.6) is 0 Å². The Bertz CT molecular complexity index is 601. The van der Waals surface area contributed by atoms with Gasteiger partial charge in [-0.25, -0.2) is 8.42 Å². The lowest BCUT2D eigenvalue weighted by Crippen LogP contribution is -2.12. The summed E-state index contributed by atoms with van der Waals surface area (Å²) < 4.78 is 26.5. The Hall–Kier alpha value is -1.82. The van der Waals surface area contributed by atoms with Gasteiger partial charge in [0.25, 0.3) is 10.0 Å². The normalized spacial score (nSPS) is 11.7. The number of hydrogen-bond donors (Lipinski definition) is 2. The molecule has 0 spiro atoms. The van der Waals surface area contributed by atoms with Crippen LogP contribution >= 0.6 is 0 Å². The maximum atomic E-state index is 12.0. The molecular formula is C12H15N3O2S. The highest BCUT2D eigenvalue weighted by atomic mass is 32.2. The molecule has 0 radical (unpaired) electrons. The van der Waals surface area contributed by atoms with Crippen molar-refractivity contribution in [1.82, 2.24) is 10.2 Å². The van der Waals surface area contributed by atoms with Crippen molar-refractivity contribution in [3.05, 3.63) is 42.2 Å². The largest absolute Gasteiger partial charge is 0.284 e. The Balaban J connectivity index is 2.25. The van der Waals surface area contributed by atoms with E-state index in [2.05, 4.69) is 28.8 Å². The minimum Gasteiger partial charge on any atom is -0.284 e. The number of rotatable bonds is 4. The molecule has 0 saturated heterocycles. The quantitative estimate of drug-likeness (QED) is 0.891. The van der Waals surface area contributed by atoms with E-state index in [-0.39, 0.29) is 4.90 Å². The van der Waals surface area contributed by atoms with Gasteiger partial charge in [-0.15, -0.1) is 0 Å². The molecule has 0 bridgehead atoms. The monoisotopic (exact) mass is 265 g/mol. The first-order chi connectivity index (χ1) is 8.49. The van der Waals surface area contributed by atoms with Gasteiger partial charge in [-0.2, -0.15) is 5.10 Å². The van der Waals surface area contributed by atoms with Crippen LogP contribution < -0.4 is 4.72 Å². The van der Waals surface area contributed by atoms with E-state index in [9.17, 15) is 8.42 Å². The third-order valence-corrected chi connectivity index (χ3v) is 4.00. The number of benzene rings is 1. The Kier molecular flexibility index (Phi) is 3.38. The molecule has 5 nitrogen and oxygen atoms in total. The summed E-state index contributed by atoms with van der Waals surface area (Å²) in [6, 6.07) is 6.87. The molecule has 0 aliphatic heterocycles. The molecule has 1 aromatic carbocycles. The molecule has 2 rings (SSSR count). The van der Waals surface area contributed by atoms with E-state index in [1.54, 1.807) is 12.1 Å². The Morgan fingerprint density at radius 1 is 1.22 bits per heavy atom. The number of H-pyrrole nitrogens is 1. The zero-order valence-electron chi connectivity index (χ0n) is 10.2. The van der Waals surface area contributed by atoms with Crippen molar-refractivity contribution in [3.63, 3.8) is 0 Å². The average molecular weight is 265 g/mol. The van der Waals surface area contributed by atoms with Gasteiger partial charge >= 0.3 is 0 Å². The van der Waals surface area contributed by atoms with Crippen molar-refractivity contribution in [1.29, 1.82) is 0 Å². The molecule has 0 fully saturated rings. The van der Waals surface area contributed by atoms with Gasteiger partial charge in [-0.3, -0.25) is 9.82 Å². The first-order valence-electron chi connectivity index (χ1n) is 5.60. The second-order valence-electron chi connectivity index (χ2n) is 4.32. The van der Waals surface area contributed by atoms with Crippen molar-refractivity contribution >= 4 is 15.7 Å². The van der Waals surface area contributed by atoms with E-state index in [1.165, 1.54) is 12.4 Å². The smallest absolute Gasteiger partial charge is 0.261 e. The topological polar surface area (TPSA) is 74.8 Å². The van der Waals surface area contributed by atoms with Crippen LogP contribution in [-0.4, -0.2) is 18.6 Å². The third kappa shape index (κ3) is 2.70. The zero-order valence-corrected chi connectivity index (χ0v) is 11.0. The fourth-order valence-electron chi connectivity index (χ4n) is 1.55. The van der Waals surface area contributed by atoms with Crippen LogP contribution in [0.2, 0.25) is 0 Å². The SMILES string of the molecule is CC(C)c1ccc(S(=O)(=O)Nc2cn[nH]c2)cc1. The van der Waals surface area contributed by atoms with Gasteiger partial charge in [-0.1, -0.05) is 26.0 Å². The summed E-state index contributed by atoms with van der Waals surface area (Å²) in [5.41, 5.74) is 1.53. The van der Waals surface area contributed by atoms with Gasteiger partial charge < -0.3 is 0 Å². The predicted molar refractivity (Wildman–Crippen MR) is 69.9 cm³/mol. The van der Waals surface area contributed by atoms with E-state index in [0.29, 0.717) is 11.6 Å². The van der Waals surface area contributed by atoms with Crippen molar-refractivity contribution in [3.8, 4) is 0 Å². The molecule has 2 aromatic rings. The Morgan fingerprint density at radius 3 is 2.39 bits per heavy atom. The minimum absolute atomic E-state index is 0.244. The molecule has 0 saturated carbocycles. The highest BCUT2D eigenvalue weighted by molar-refractivity contribution is 7.92. The standard InChI is InChI=1S/C12H15N3O2S/c1-9(2)10-3-5-12(6-4-10)18(16,17)15-11-7-13-14-8-11/h3-9,15H,1-2H3,(H,13,14). The number of anilines is 1. The summed E-state index contributed by atoms with van der Waals surface area (Å²) in [4.78, 5) is 0.244. The molecule has 6 heteroatoms. The number of nitrogens with zero attached hydrogens (tertiary/aromatic N) is 1. The summed E-state index contributed by atoms with van der Waals surface area (Å²) in [5.74, 6) is 0.378. The van der Waals surface area contributed by atoms with Crippen LogP contribution in [-0.2, 0) is 10.0 Å². The maximum Gasteiger partial charge on any atom is 0.261 e. The second-order valence-corrected chi connectivity index (χ2v) is 6.00. The highest BCUT2D eigenvalue weighted by Gasteiger charge is 2.14. The number of aromatic nitrogens is 2. The van der Waals surface area contributed by atoms with E-state index in [0.717, 1.165) is 5.56 Å². The maximum absolute atomic E-state index is 12.0. The van der Waals surface area contributed by atoms with Gasteiger partial charge in [0.05, 0.1) is 16.8 Å². The molecule has 1 heterocycles. The second kappa shape index (κ2) is 4.81. The minimum atomic E-state index is -3.54. The van der Waals surface area contributed by atoms with Crippen molar-refractivity contribution in [2.45, 2.75) is 24.7 Å². The third-order valence-electron chi connectivity index (χ3n) is 2.61. The number of sulfonamides is 1. The van der Waals surface area contributed by atoms with E-state index < -0.39 is 10.0 Å². The molecule has 0 unspecified atom stereocenters. The molecule has 2 N–H and O–H groups in total. The first kappa shape index (κ1) is 12.6. The van der Waals surface area contributed by atoms with Gasteiger partial charge in [0.15, 0.2) is 0 Å². The lowest BCUT2D eigenvalue weighted by Gasteiger charge is -2.08. The summed E-state index contributed by atoms with van der Waals surface area (Å²) in [6.45, 7) is 4.13. The summed E-state index contributed by atoms with van der Waals surface area (Å²) in [5, 5.41) is 6.24. The fourth-order valence-corrected chi connectivity index (χ4v) is 2.59. The van der Waals surface area contributed by atoms with Crippen molar-refractivity contribution in [2.75, 3.05) is 4.72 Å². The van der Waals surface area contributed by atoms with Crippen molar-refractivity contribution < 1.29 is 8.42 Å². The summed E-state index contributed by atoms with van der Waals surface area (Å²) in [7, 11) is -3.54. The summed E-state index contributed by atoms with van der Waals surface area (Å²) in [6.07, 6.45) is 2.90. The molecule has 96 valence electrons. The predicted octanol–water partition coefficient (Wildman–Crippen LogP) is 2.33. The molecular weight excluding hydrogens is 250 g/mol. The van der Waals surface area contributed by atoms with Gasteiger partial charge in [0.2, 0.25) is 0 Å². The van der Waals surface area contributed by atoms with Crippen LogP contribution in [0.1, 0.15) is 25.3 Å². The van der Waals surface area contributed by atoms with Crippen LogP contribution in [0.4, 0.5) is 5.69 Å². The van der Waals surface area contributed by atoms with Gasteiger partial charge in [-0.05, 0) is 23.6 Å². The average Bonchev–Trinajstić information content (AvgIpc) is 2.81. The zero-order chi connectivity index (χ0) is 13.2. The Morgan fingerprint density at radius 2 is 1.89 bits per heavy atom. The molecule has 18 heavy (non-hydrogen) atoms. The van der Waals surface area contributed by atoms with E-state index >= 15 is 0 Å². The lowest BCUT2D eigenvalue weighted by atomic mass is 10.0. The lowest BCUT2D eigenvalue weighted by molar-refractivity contribution is 0.601.